The number of nitrogens with zero attached hydrogens (tertiary/aromatic N) is 4. The van der Waals surface area contributed by atoms with Gasteiger partial charge in [0.1, 0.15) is 11.6 Å². The Labute approximate surface area is 170 Å². The minimum atomic E-state index is -2.86. The van der Waals surface area contributed by atoms with Gasteiger partial charge in [-0.2, -0.15) is 5.10 Å². The summed E-state index contributed by atoms with van der Waals surface area (Å²) >= 11 is 0. The molecule has 0 saturated heterocycles. The van der Waals surface area contributed by atoms with Gasteiger partial charge in [-0.15, -0.1) is 10.2 Å². The number of aromatic nitrogens is 5. The van der Waals surface area contributed by atoms with E-state index in [1.807, 2.05) is 13.0 Å². The van der Waals surface area contributed by atoms with Gasteiger partial charge in [0.25, 0.3) is 6.43 Å². The van der Waals surface area contributed by atoms with E-state index in [1.165, 1.54) is 10.6 Å². The number of fused-ring (bicyclic) bond motifs is 4. The van der Waals surface area contributed by atoms with Crippen LogP contribution in [-0.4, -0.2) is 25.0 Å². The molecule has 2 aromatic carbocycles. The molecule has 2 N–H and O–H groups in total. The number of anilines is 1. The van der Waals surface area contributed by atoms with Crippen molar-refractivity contribution in [3.8, 4) is 16.8 Å². The molecule has 9 heteroatoms. The number of halogens is 3. The van der Waals surface area contributed by atoms with Crippen LogP contribution >= 0.6 is 0 Å². The number of alkyl halides is 2. The molecule has 0 unspecified atom stereocenters. The molecule has 4 aromatic rings. The van der Waals surface area contributed by atoms with Crippen molar-refractivity contribution in [1.29, 1.82) is 0 Å². The Bertz CT molecular complexity index is 1320. The van der Waals surface area contributed by atoms with Gasteiger partial charge in [-0.1, -0.05) is 18.2 Å². The first kappa shape index (κ1) is 18.7. The van der Waals surface area contributed by atoms with E-state index in [2.05, 4.69) is 25.7 Å². The minimum absolute atomic E-state index is 0.0161. The van der Waals surface area contributed by atoms with Crippen molar-refractivity contribution >= 4 is 16.6 Å². The summed E-state index contributed by atoms with van der Waals surface area (Å²) in [6.45, 7) is 7.10. The normalized spacial score (nSPS) is 14.7. The molecule has 30 heavy (non-hydrogen) atoms. The van der Waals surface area contributed by atoms with Crippen molar-refractivity contribution in [2.24, 2.45) is 0 Å². The highest BCUT2D eigenvalue weighted by atomic mass is 19.3. The van der Waals surface area contributed by atoms with Gasteiger partial charge in [0.05, 0.1) is 33.7 Å². The Morgan fingerprint density at radius 1 is 1.10 bits per heavy atom. The van der Waals surface area contributed by atoms with E-state index in [0.29, 0.717) is 22.7 Å². The zero-order valence-corrected chi connectivity index (χ0v) is 16.8. The first-order chi connectivity index (χ1) is 14.2. The minimum Gasteiger partial charge on any atom is -0.369 e. The molecule has 6 nitrogen and oxygen atoms in total. The summed E-state index contributed by atoms with van der Waals surface area (Å²) in [5, 5.41) is 19.1. The zero-order valence-electron chi connectivity index (χ0n) is 16.8. The number of rotatable bonds is 2. The number of nitrogens with one attached hydrogen (secondary N) is 2. The van der Waals surface area contributed by atoms with E-state index in [-0.39, 0.29) is 22.5 Å². The first-order valence-corrected chi connectivity index (χ1v) is 9.50. The molecule has 5 rings (SSSR count). The van der Waals surface area contributed by atoms with E-state index >= 15 is 4.39 Å². The molecule has 3 heterocycles. The molecular formula is C21H19F3N6. The number of benzene rings is 2. The van der Waals surface area contributed by atoms with Crippen molar-refractivity contribution in [1.82, 2.24) is 25.0 Å². The summed E-state index contributed by atoms with van der Waals surface area (Å²) in [5.41, 5.74) is 0.894. The van der Waals surface area contributed by atoms with Crippen LogP contribution in [0.3, 0.4) is 0 Å². The average molecular weight is 412 g/mol. The number of aryl methyl sites for hydroxylation is 2. The Morgan fingerprint density at radius 3 is 2.60 bits per heavy atom. The monoisotopic (exact) mass is 412 g/mol. The van der Waals surface area contributed by atoms with E-state index in [9.17, 15) is 8.78 Å². The van der Waals surface area contributed by atoms with Crippen LogP contribution in [0.4, 0.5) is 18.9 Å². The fraction of sp³-hybridized carbons (Fsp3) is 0.286. The highest BCUT2D eigenvalue weighted by molar-refractivity contribution is 5.97. The molecule has 154 valence electrons. The maximum Gasteiger partial charge on any atom is 0.266 e. The van der Waals surface area contributed by atoms with Crippen molar-refractivity contribution in [2.75, 3.05) is 5.32 Å². The fourth-order valence-electron chi connectivity index (χ4n) is 4.25. The molecule has 0 aliphatic carbocycles. The van der Waals surface area contributed by atoms with Crippen LogP contribution in [0.1, 0.15) is 43.2 Å². The molecule has 0 amide bonds. The second-order valence-corrected chi connectivity index (χ2v) is 8.04. The Hall–Kier alpha value is -3.36. The van der Waals surface area contributed by atoms with Gasteiger partial charge in [-0.3, -0.25) is 9.67 Å². The lowest BCUT2D eigenvalue weighted by Gasteiger charge is -2.35. The Morgan fingerprint density at radius 2 is 1.87 bits per heavy atom. The van der Waals surface area contributed by atoms with E-state index < -0.39 is 17.8 Å². The highest BCUT2D eigenvalue weighted by Gasteiger charge is 2.39. The molecule has 0 fully saturated rings. The van der Waals surface area contributed by atoms with Crippen LogP contribution in [0.25, 0.3) is 27.7 Å². The van der Waals surface area contributed by atoms with Gasteiger partial charge in [-0.25, -0.2) is 13.2 Å². The number of hydrogen-bond acceptors (Lipinski definition) is 4. The van der Waals surface area contributed by atoms with Gasteiger partial charge in [-0.05, 0) is 39.3 Å². The summed E-state index contributed by atoms with van der Waals surface area (Å²) in [5.74, 6) is 0.237. The van der Waals surface area contributed by atoms with Crippen molar-refractivity contribution < 1.29 is 13.2 Å². The third-order valence-corrected chi connectivity index (χ3v) is 5.64. The van der Waals surface area contributed by atoms with E-state index in [1.54, 1.807) is 32.9 Å². The topological polar surface area (TPSA) is 71.4 Å². The van der Waals surface area contributed by atoms with Crippen molar-refractivity contribution in [2.45, 2.75) is 39.7 Å². The van der Waals surface area contributed by atoms with Crippen LogP contribution in [0.2, 0.25) is 0 Å². The smallest absolute Gasteiger partial charge is 0.266 e. The average Bonchev–Trinajstić information content (AvgIpc) is 3.26. The molecule has 0 radical (unpaired) electrons. The Balaban J connectivity index is 1.92. The molecule has 2 aromatic heterocycles. The lowest BCUT2D eigenvalue weighted by Crippen LogP contribution is -2.37. The quantitative estimate of drug-likeness (QED) is 0.477. The van der Waals surface area contributed by atoms with Crippen molar-refractivity contribution in [3.63, 3.8) is 0 Å². The van der Waals surface area contributed by atoms with Gasteiger partial charge >= 0.3 is 0 Å². The van der Waals surface area contributed by atoms with Gasteiger partial charge < -0.3 is 5.32 Å². The molecule has 0 bridgehead atoms. The van der Waals surface area contributed by atoms with E-state index in [4.69, 9.17) is 0 Å². The second kappa shape index (κ2) is 6.07. The predicted molar refractivity (Wildman–Crippen MR) is 107 cm³/mol. The molecular weight excluding hydrogens is 393 g/mol. The zero-order chi connectivity index (χ0) is 21.4. The summed E-state index contributed by atoms with van der Waals surface area (Å²) in [6.07, 6.45) is -2.86. The maximum absolute atomic E-state index is 15.4. The number of H-pyrrole nitrogens is 1. The summed E-state index contributed by atoms with van der Waals surface area (Å²) < 4.78 is 45.9. The molecule has 1 aliphatic rings. The highest BCUT2D eigenvalue weighted by Crippen LogP contribution is 2.47. The largest absolute Gasteiger partial charge is 0.369 e. The number of hydrogen-bond donors (Lipinski definition) is 2. The molecule has 1 aliphatic heterocycles. The standard InChI is InChI=1S/C21H19F3N6/c1-9-11-6-5-7-12(16(11)28-26-9)13-8-14(22)17-18(15(13)19(23)24)30-10(2)27-29-20(30)21(3,4)25-17/h5-8,19,25H,1-4H3,(H,26,28). The SMILES string of the molecule is Cc1n[nH]c2c(-c3cc(F)c4c(c3C(F)F)-n3c(C)nnc3C(C)(C)N4)cccc12. The van der Waals surface area contributed by atoms with Gasteiger partial charge in [0.15, 0.2) is 5.82 Å². The lowest BCUT2D eigenvalue weighted by atomic mass is 9.92. The van der Waals surface area contributed by atoms with E-state index in [0.717, 1.165) is 11.1 Å². The summed E-state index contributed by atoms with van der Waals surface area (Å²) in [6, 6.07) is 6.45. The first-order valence-electron chi connectivity index (χ1n) is 9.50. The molecule has 0 spiro atoms. The van der Waals surface area contributed by atoms with Crippen LogP contribution in [0, 0.1) is 19.7 Å². The van der Waals surface area contributed by atoms with Crippen LogP contribution < -0.4 is 5.32 Å². The van der Waals surface area contributed by atoms with Crippen LogP contribution in [-0.2, 0) is 5.54 Å². The van der Waals surface area contributed by atoms with Crippen LogP contribution in [0.5, 0.6) is 0 Å². The Kier molecular flexibility index (Phi) is 3.77. The third-order valence-electron chi connectivity index (χ3n) is 5.64. The number of aromatic amines is 1. The fourth-order valence-corrected chi connectivity index (χ4v) is 4.25. The third kappa shape index (κ3) is 2.41. The lowest BCUT2D eigenvalue weighted by molar-refractivity contribution is 0.151. The maximum atomic E-state index is 15.4. The summed E-state index contributed by atoms with van der Waals surface area (Å²) in [4.78, 5) is 0. The van der Waals surface area contributed by atoms with Crippen molar-refractivity contribution in [3.05, 3.63) is 53.0 Å². The predicted octanol–water partition coefficient (Wildman–Crippen LogP) is 5.16. The summed E-state index contributed by atoms with van der Waals surface area (Å²) in [7, 11) is 0. The second-order valence-electron chi connectivity index (χ2n) is 8.04. The van der Waals surface area contributed by atoms with Crippen LogP contribution in [0.15, 0.2) is 24.3 Å². The van der Waals surface area contributed by atoms with Gasteiger partial charge in [0.2, 0.25) is 0 Å². The molecule has 0 atom stereocenters. The molecule has 0 saturated carbocycles. The van der Waals surface area contributed by atoms with Gasteiger partial charge in [0, 0.05) is 10.9 Å². The number of para-hydroxylation sites is 1.